The van der Waals surface area contributed by atoms with Crippen LogP contribution in [0.5, 0.6) is 11.5 Å². The fourth-order valence-corrected chi connectivity index (χ4v) is 3.31. The van der Waals surface area contributed by atoms with Gasteiger partial charge in [-0.15, -0.1) is 0 Å². The molecule has 0 saturated heterocycles. The lowest BCUT2D eigenvalue weighted by Gasteiger charge is -2.14. The highest BCUT2D eigenvalue weighted by Crippen LogP contribution is 2.33. The molecule has 34 heavy (non-hydrogen) atoms. The van der Waals surface area contributed by atoms with Gasteiger partial charge in [0.05, 0.1) is 18.4 Å². The number of rotatable bonds is 9. The van der Waals surface area contributed by atoms with Crippen LogP contribution < -0.4 is 20.2 Å². The van der Waals surface area contributed by atoms with E-state index in [2.05, 4.69) is 36.8 Å². The average Bonchev–Trinajstić information content (AvgIpc) is 2.81. The van der Waals surface area contributed by atoms with Crippen LogP contribution in [0.3, 0.4) is 0 Å². The van der Waals surface area contributed by atoms with Crippen LogP contribution in [-0.4, -0.2) is 36.2 Å². The highest BCUT2D eigenvalue weighted by Gasteiger charge is 2.13. The SMILES string of the molecule is CCOc1cc(C=NNC(=O)c2cccnc2Cl)c(Br)cc1OCC(=O)Nc1ccc(F)cc1. The normalized spacial score (nSPS) is 10.7. The van der Waals surface area contributed by atoms with Gasteiger partial charge in [-0.1, -0.05) is 11.6 Å². The smallest absolute Gasteiger partial charge is 0.274 e. The van der Waals surface area contributed by atoms with Crippen LogP contribution in [-0.2, 0) is 4.79 Å². The van der Waals surface area contributed by atoms with Crippen molar-refractivity contribution in [3.63, 3.8) is 0 Å². The van der Waals surface area contributed by atoms with Crippen molar-refractivity contribution >= 4 is 51.2 Å². The Morgan fingerprint density at radius 3 is 2.62 bits per heavy atom. The van der Waals surface area contributed by atoms with Crippen molar-refractivity contribution in [2.75, 3.05) is 18.5 Å². The number of aromatic nitrogens is 1. The molecule has 176 valence electrons. The second kappa shape index (κ2) is 12.1. The van der Waals surface area contributed by atoms with Crippen LogP contribution in [0.15, 0.2) is 64.3 Å². The summed E-state index contributed by atoms with van der Waals surface area (Å²) in [6, 6.07) is 11.8. The van der Waals surface area contributed by atoms with E-state index in [0.717, 1.165) is 0 Å². The maximum absolute atomic E-state index is 13.0. The van der Waals surface area contributed by atoms with E-state index >= 15 is 0 Å². The van der Waals surface area contributed by atoms with E-state index in [4.69, 9.17) is 21.1 Å². The first kappa shape index (κ1) is 25.1. The van der Waals surface area contributed by atoms with Crippen LogP contribution in [0.2, 0.25) is 5.15 Å². The van der Waals surface area contributed by atoms with Gasteiger partial charge in [0.25, 0.3) is 11.8 Å². The van der Waals surface area contributed by atoms with E-state index < -0.39 is 17.6 Å². The number of anilines is 1. The van der Waals surface area contributed by atoms with Crippen molar-refractivity contribution in [1.29, 1.82) is 0 Å². The van der Waals surface area contributed by atoms with Gasteiger partial charge in [-0.3, -0.25) is 9.59 Å². The molecule has 0 aliphatic rings. The third-order valence-electron chi connectivity index (χ3n) is 4.22. The maximum Gasteiger partial charge on any atom is 0.274 e. The molecule has 0 aliphatic carbocycles. The lowest BCUT2D eigenvalue weighted by Crippen LogP contribution is -2.20. The number of hydrazone groups is 1. The molecule has 2 amide bonds. The molecule has 0 bridgehead atoms. The van der Waals surface area contributed by atoms with Crippen LogP contribution in [0, 0.1) is 5.82 Å². The Balaban J connectivity index is 1.66. The first-order valence-corrected chi connectivity index (χ1v) is 11.1. The minimum absolute atomic E-state index is 0.0694. The minimum atomic E-state index is -0.511. The molecular weight excluding hydrogens is 531 g/mol. The highest BCUT2D eigenvalue weighted by molar-refractivity contribution is 9.10. The predicted octanol–water partition coefficient (Wildman–Crippen LogP) is 4.82. The number of carbonyl (C=O) groups is 2. The van der Waals surface area contributed by atoms with E-state index in [1.807, 2.05) is 0 Å². The second-order valence-electron chi connectivity index (χ2n) is 6.64. The minimum Gasteiger partial charge on any atom is -0.490 e. The largest absolute Gasteiger partial charge is 0.490 e. The second-order valence-corrected chi connectivity index (χ2v) is 7.85. The number of halogens is 3. The fourth-order valence-electron chi connectivity index (χ4n) is 2.68. The molecule has 2 aromatic carbocycles. The van der Waals surface area contributed by atoms with Crippen molar-refractivity contribution in [2.45, 2.75) is 6.92 Å². The summed E-state index contributed by atoms with van der Waals surface area (Å²) in [4.78, 5) is 28.2. The van der Waals surface area contributed by atoms with Crippen LogP contribution in [0.1, 0.15) is 22.8 Å². The summed E-state index contributed by atoms with van der Waals surface area (Å²) in [7, 11) is 0. The summed E-state index contributed by atoms with van der Waals surface area (Å²) in [5.41, 5.74) is 3.61. The van der Waals surface area contributed by atoms with Gasteiger partial charge in [-0.05, 0) is 71.4 Å². The molecule has 8 nitrogen and oxygen atoms in total. The average molecular weight is 550 g/mol. The fraction of sp³-hybridized carbons (Fsp3) is 0.130. The van der Waals surface area contributed by atoms with Crippen LogP contribution in [0.4, 0.5) is 10.1 Å². The van der Waals surface area contributed by atoms with Gasteiger partial charge in [0, 0.05) is 21.9 Å². The number of ether oxygens (including phenoxy) is 2. The van der Waals surface area contributed by atoms with Crippen molar-refractivity contribution < 1.29 is 23.5 Å². The third-order valence-corrected chi connectivity index (χ3v) is 5.21. The molecule has 0 atom stereocenters. The number of nitrogens with one attached hydrogen (secondary N) is 2. The summed E-state index contributed by atoms with van der Waals surface area (Å²) in [6.07, 6.45) is 2.89. The molecule has 11 heteroatoms. The zero-order valence-corrected chi connectivity index (χ0v) is 20.2. The van der Waals surface area contributed by atoms with Crippen molar-refractivity contribution in [3.8, 4) is 11.5 Å². The van der Waals surface area contributed by atoms with Crippen molar-refractivity contribution in [3.05, 3.63) is 81.3 Å². The molecular formula is C23H19BrClFN4O4. The lowest BCUT2D eigenvalue weighted by molar-refractivity contribution is -0.118. The Morgan fingerprint density at radius 1 is 1.18 bits per heavy atom. The van der Waals surface area contributed by atoms with Crippen molar-refractivity contribution in [1.82, 2.24) is 10.4 Å². The Kier molecular flexibility index (Phi) is 8.94. The summed E-state index contributed by atoms with van der Waals surface area (Å²) in [5.74, 6) is -0.630. The summed E-state index contributed by atoms with van der Waals surface area (Å²) in [6.45, 7) is 1.87. The Labute approximate surface area is 208 Å². The molecule has 0 spiro atoms. The predicted molar refractivity (Wildman–Crippen MR) is 130 cm³/mol. The van der Waals surface area contributed by atoms with Gasteiger partial charge >= 0.3 is 0 Å². The Bertz CT molecular complexity index is 1210. The van der Waals surface area contributed by atoms with E-state index in [0.29, 0.717) is 33.8 Å². The molecule has 0 radical (unpaired) electrons. The first-order chi connectivity index (χ1) is 16.4. The van der Waals surface area contributed by atoms with Gasteiger partial charge in [-0.2, -0.15) is 5.10 Å². The molecule has 3 aromatic rings. The quantitative estimate of drug-likeness (QED) is 0.226. The summed E-state index contributed by atoms with van der Waals surface area (Å²) < 4.78 is 24.8. The molecule has 0 aliphatic heterocycles. The molecule has 1 heterocycles. The summed E-state index contributed by atoms with van der Waals surface area (Å²) >= 11 is 9.33. The molecule has 2 N–H and O–H groups in total. The molecule has 0 unspecified atom stereocenters. The monoisotopic (exact) mass is 548 g/mol. The van der Waals surface area contributed by atoms with E-state index in [1.54, 1.807) is 25.1 Å². The first-order valence-electron chi connectivity index (χ1n) is 9.96. The van der Waals surface area contributed by atoms with Crippen molar-refractivity contribution in [2.24, 2.45) is 5.10 Å². The zero-order valence-electron chi connectivity index (χ0n) is 17.8. The van der Waals surface area contributed by atoms with Gasteiger partial charge < -0.3 is 14.8 Å². The van der Waals surface area contributed by atoms with Gasteiger partial charge in [0.2, 0.25) is 0 Å². The topological polar surface area (TPSA) is 102 Å². The number of hydrogen-bond acceptors (Lipinski definition) is 6. The number of hydrogen-bond donors (Lipinski definition) is 2. The van der Waals surface area contributed by atoms with Crippen LogP contribution >= 0.6 is 27.5 Å². The number of nitrogens with zero attached hydrogens (tertiary/aromatic N) is 2. The summed E-state index contributed by atoms with van der Waals surface area (Å²) in [5, 5.41) is 6.63. The van der Waals surface area contributed by atoms with Gasteiger partial charge in [-0.25, -0.2) is 14.8 Å². The molecule has 3 rings (SSSR count). The van der Waals surface area contributed by atoms with Gasteiger partial charge in [0.15, 0.2) is 18.1 Å². The molecule has 0 saturated carbocycles. The lowest BCUT2D eigenvalue weighted by atomic mass is 10.2. The highest BCUT2D eigenvalue weighted by atomic mass is 79.9. The number of carbonyl (C=O) groups excluding carboxylic acids is 2. The van der Waals surface area contributed by atoms with Gasteiger partial charge in [0.1, 0.15) is 11.0 Å². The van der Waals surface area contributed by atoms with E-state index in [-0.39, 0.29) is 17.3 Å². The molecule has 1 aromatic heterocycles. The number of amides is 2. The molecule has 0 fully saturated rings. The standard InChI is InChI=1S/C23H19BrClFN4O4/c1-2-33-19-10-14(12-28-30-23(32)17-4-3-9-27-22(17)25)18(24)11-20(19)34-13-21(31)29-16-7-5-15(26)6-8-16/h3-12H,2,13H2,1H3,(H,29,31)(H,30,32). The Morgan fingerprint density at radius 2 is 1.91 bits per heavy atom. The third kappa shape index (κ3) is 7.00. The van der Waals surface area contributed by atoms with E-state index in [9.17, 15) is 14.0 Å². The zero-order chi connectivity index (χ0) is 24.5. The number of benzene rings is 2. The maximum atomic E-state index is 13.0. The van der Waals surface area contributed by atoms with Crippen LogP contribution in [0.25, 0.3) is 0 Å². The Hall–Kier alpha value is -3.50. The number of pyridine rings is 1. The van der Waals surface area contributed by atoms with E-state index in [1.165, 1.54) is 42.7 Å².